The van der Waals surface area contributed by atoms with Crippen LogP contribution in [0.5, 0.6) is 5.75 Å². The van der Waals surface area contributed by atoms with E-state index in [0.29, 0.717) is 21.9 Å². The summed E-state index contributed by atoms with van der Waals surface area (Å²) in [5.74, 6) is -1.44. The standard InChI is InChI=1S/C25H19ClO4/c1-16(23(27)29-2)22(17-9-5-3-6-10-17)25(18-11-7-4-8-12-18)20-15-19(26)13-14-21(20)30-24(25)28/h3-15,22H,1H2,2H3/t22-,25-/m0/s1. The van der Waals surface area contributed by atoms with Gasteiger partial charge in [-0.25, -0.2) is 4.79 Å². The fraction of sp³-hybridized carbons (Fsp3) is 0.120. The summed E-state index contributed by atoms with van der Waals surface area (Å²) in [5.41, 5.74) is 0.799. The lowest BCUT2D eigenvalue weighted by Gasteiger charge is -2.36. The molecule has 0 saturated heterocycles. The normalized spacial score (nSPS) is 18.3. The minimum Gasteiger partial charge on any atom is -0.466 e. The molecule has 30 heavy (non-hydrogen) atoms. The molecule has 1 aliphatic rings. The average molecular weight is 419 g/mol. The van der Waals surface area contributed by atoms with Gasteiger partial charge in [0.05, 0.1) is 7.11 Å². The maximum atomic E-state index is 13.6. The van der Waals surface area contributed by atoms with Gasteiger partial charge in [0.25, 0.3) is 0 Å². The van der Waals surface area contributed by atoms with Crippen LogP contribution in [0, 0.1) is 0 Å². The predicted molar refractivity (Wildman–Crippen MR) is 115 cm³/mol. The first-order valence-electron chi connectivity index (χ1n) is 9.40. The summed E-state index contributed by atoms with van der Waals surface area (Å²) in [6.45, 7) is 4.03. The molecule has 0 bridgehead atoms. The van der Waals surface area contributed by atoms with Crippen LogP contribution in [0.3, 0.4) is 0 Å². The molecule has 0 amide bonds. The Balaban J connectivity index is 2.10. The SMILES string of the molecule is C=C(C(=O)OC)[C@@H](c1ccccc1)[C@@]1(c2ccccc2)C(=O)Oc2ccc(Cl)cc21. The van der Waals surface area contributed by atoms with Crippen molar-refractivity contribution in [3.05, 3.63) is 113 Å². The van der Waals surface area contributed by atoms with Gasteiger partial charge in [0.2, 0.25) is 0 Å². The van der Waals surface area contributed by atoms with E-state index >= 15 is 0 Å². The van der Waals surface area contributed by atoms with Crippen molar-refractivity contribution in [1.82, 2.24) is 0 Å². The van der Waals surface area contributed by atoms with E-state index in [1.165, 1.54) is 7.11 Å². The monoisotopic (exact) mass is 418 g/mol. The van der Waals surface area contributed by atoms with Gasteiger partial charge < -0.3 is 9.47 Å². The molecule has 0 fully saturated rings. The first-order valence-corrected chi connectivity index (χ1v) is 9.77. The predicted octanol–water partition coefficient (Wildman–Crippen LogP) is 5.06. The highest BCUT2D eigenvalue weighted by molar-refractivity contribution is 6.30. The van der Waals surface area contributed by atoms with Gasteiger partial charge in [-0.15, -0.1) is 0 Å². The van der Waals surface area contributed by atoms with Crippen LogP contribution in [0.25, 0.3) is 0 Å². The average Bonchev–Trinajstić information content (AvgIpc) is 3.06. The van der Waals surface area contributed by atoms with Crippen molar-refractivity contribution in [2.45, 2.75) is 11.3 Å². The number of ether oxygens (including phenoxy) is 2. The van der Waals surface area contributed by atoms with Crippen LogP contribution in [-0.2, 0) is 19.7 Å². The highest BCUT2D eigenvalue weighted by atomic mass is 35.5. The number of rotatable bonds is 5. The molecule has 0 spiro atoms. The van der Waals surface area contributed by atoms with Crippen molar-refractivity contribution in [3.8, 4) is 5.75 Å². The van der Waals surface area contributed by atoms with Crippen LogP contribution >= 0.6 is 11.6 Å². The Bertz CT molecular complexity index is 1120. The molecule has 0 saturated carbocycles. The molecule has 1 aliphatic heterocycles. The third kappa shape index (κ3) is 3.01. The molecular formula is C25H19ClO4. The number of hydrogen-bond donors (Lipinski definition) is 0. The molecule has 4 rings (SSSR count). The Hall–Kier alpha value is -3.37. The first kappa shape index (κ1) is 19.9. The van der Waals surface area contributed by atoms with E-state index in [4.69, 9.17) is 21.1 Å². The number of fused-ring (bicyclic) bond motifs is 1. The fourth-order valence-corrected chi connectivity index (χ4v) is 4.38. The van der Waals surface area contributed by atoms with E-state index in [2.05, 4.69) is 6.58 Å². The second kappa shape index (κ2) is 7.81. The number of halogens is 1. The fourth-order valence-electron chi connectivity index (χ4n) is 4.21. The van der Waals surface area contributed by atoms with E-state index in [1.807, 2.05) is 60.7 Å². The lowest BCUT2D eigenvalue weighted by molar-refractivity contribution is -0.138. The zero-order valence-corrected chi connectivity index (χ0v) is 17.1. The van der Waals surface area contributed by atoms with Crippen LogP contribution in [0.15, 0.2) is 91.0 Å². The molecular weight excluding hydrogens is 400 g/mol. The largest absolute Gasteiger partial charge is 0.466 e. The van der Waals surface area contributed by atoms with Gasteiger partial charge >= 0.3 is 11.9 Å². The maximum Gasteiger partial charge on any atom is 0.333 e. The summed E-state index contributed by atoms with van der Waals surface area (Å²) in [4.78, 5) is 26.3. The molecule has 1 heterocycles. The molecule has 0 aromatic heterocycles. The Morgan fingerprint density at radius 3 is 2.30 bits per heavy atom. The Morgan fingerprint density at radius 1 is 1.03 bits per heavy atom. The molecule has 0 aliphatic carbocycles. The summed E-state index contributed by atoms with van der Waals surface area (Å²) in [6.07, 6.45) is 0. The molecule has 0 radical (unpaired) electrons. The minimum atomic E-state index is -1.35. The minimum absolute atomic E-state index is 0.150. The van der Waals surface area contributed by atoms with E-state index in [-0.39, 0.29) is 5.57 Å². The van der Waals surface area contributed by atoms with Crippen molar-refractivity contribution in [2.75, 3.05) is 7.11 Å². The van der Waals surface area contributed by atoms with E-state index in [1.54, 1.807) is 18.2 Å². The van der Waals surface area contributed by atoms with Gasteiger partial charge in [0.15, 0.2) is 0 Å². The molecule has 0 N–H and O–H groups in total. The molecule has 0 unspecified atom stereocenters. The summed E-state index contributed by atoms with van der Waals surface area (Å²) < 4.78 is 10.7. The lowest BCUT2D eigenvalue weighted by Crippen LogP contribution is -2.43. The quantitative estimate of drug-likeness (QED) is 0.330. The van der Waals surface area contributed by atoms with E-state index in [9.17, 15) is 9.59 Å². The van der Waals surface area contributed by atoms with Gasteiger partial charge in [0.1, 0.15) is 11.2 Å². The van der Waals surface area contributed by atoms with E-state index in [0.717, 1.165) is 5.56 Å². The number of hydrogen-bond acceptors (Lipinski definition) is 4. The van der Waals surface area contributed by atoms with Gasteiger partial charge in [-0.3, -0.25) is 4.79 Å². The molecule has 4 nitrogen and oxygen atoms in total. The number of carbonyl (C=O) groups is 2. The molecule has 5 heteroatoms. The van der Waals surface area contributed by atoms with Gasteiger partial charge in [-0.05, 0) is 29.3 Å². The zero-order chi connectivity index (χ0) is 21.3. The van der Waals surface area contributed by atoms with Gasteiger partial charge in [-0.2, -0.15) is 0 Å². The molecule has 150 valence electrons. The second-order valence-corrected chi connectivity index (χ2v) is 7.50. The number of benzene rings is 3. The number of carbonyl (C=O) groups excluding carboxylic acids is 2. The topological polar surface area (TPSA) is 52.6 Å². The van der Waals surface area contributed by atoms with Crippen LogP contribution in [0.4, 0.5) is 0 Å². The van der Waals surface area contributed by atoms with Crippen LogP contribution in [0.2, 0.25) is 5.02 Å². The zero-order valence-electron chi connectivity index (χ0n) is 16.3. The first-order chi connectivity index (χ1) is 14.5. The summed E-state index contributed by atoms with van der Waals surface area (Å²) in [7, 11) is 1.29. The Morgan fingerprint density at radius 2 is 1.67 bits per heavy atom. The molecule has 3 aromatic carbocycles. The van der Waals surface area contributed by atoms with Crippen LogP contribution in [0.1, 0.15) is 22.6 Å². The van der Waals surface area contributed by atoms with E-state index < -0.39 is 23.3 Å². The summed E-state index contributed by atoms with van der Waals surface area (Å²) in [6, 6.07) is 23.6. The second-order valence-electron chi connectivity index (χ2n) is 7.06. The van der Waals surface area contributed by atoms with Crippen molar-refractivity contribution in [1.29, 1.82) is 0 Å². The Labute approximate surface area is 179 Å². The van der Waals surface area contributed by atoms with Crippen LogP contribution in [-0.4, -0.2) is 19.0 Å². The van der Waals surface area contributed by atoms with Crippen molar-refractivity contribution in [3.63, 3.8) is 0 Å². The molecule has 2 atom stereocenters. The van der Waals surface area contributed by atoms with Crippen molar-refractivity contribution < 1.29 is 19.1 Å². The smallest absolute Gasteiger partial charge is 0.333 e. The Kier molecular flexibility index (Phi) is 5.18. The van der Waals surface area contributed by atoms with Crippen LogP contribution < -0.4 is 4.74 Å². The summed E-state index contributed by atoms with van der Waals surface area (Å²) in [5, 5.41) is 0.461. The van der Waals surface area contributed by atoms with Crippen molar-refractivity contribution >= 4 is 23.5 Å². The third-order valence-electron chi connectivity index (χ3n) is 5.48. The summed E-state index contributed by atoms with van der Waals surface area (Å²) >= 11 is 6.33. The number of esters is 2. The third-order valence-corrected chi connectivity index (χ3v) is 5.72. The van der Waals surface area contributed by atoms with Crippen molar-refractivity contribution in [2.24, 2.45) is 0 Å². The molecule has 3 aromatic rings. The maximum absolute atomic E-state index is 13.6. The highest BCUT2D eigenvalue weighted by Crippen LogP contribution is 2.55. The number of methoxy groups -OCH3 is 1. The van der Waals surface area contributed by atoms with Gasteiger partial charge in [0, 0.05) is 22.1 Å². The lowest BCUT2D eigenvalue weighted by atomic mass is 9.62. The van der Waals surface area contributed by atoms with Gasteiger partial charge in [-0.1, -0.05) is 78.8 Å². The highest BCUT2D eigenvalue weighted by Gasteiger charge is 2.58.